The van der Waals surface area contributed by atoms with Crippen LogP contribution in [-0.2, 0) is 6.54 Å². The van der Waals surface area contributed by atoms with E-state index in [9.17, 15) is 0 Å². The number of nitrogens with one attached hydrogen (secondary N) is 1. The molecule has 4 heteroatoms. The van der Waals surface area contributed by atoms with Gasteiger partial charge in [-0.15, -0.1) is 12.4 Å². The zero-order valence-corrected chi connectivity index (χ0v) is 14.7. The highest BCUT2D eigenvalue weighted by molar-refractivity contribution is 5.85. The van der Waals surface area contributed by atoms with Gasteiger partial charge in [0, 0.05) is 12.6 Å². The Bertz CT molecular complexity index is 418. The van der Waals surface area contributed by atoms with Gasteiger partial charge in [0.1, 0.15) is 0 Å². The molecule has 0 bridgehead atoms. The second kappa shape index (κ2) is 10.7. The largest absolute Gasteiger partial charge is 0.493 e. The van der Waals surface area contributed by atoms with Gasteiger partial charge in [0.25, 0.3) is 0 Å². The van der Waals surface area contributed by atoms with Gasteiger partial charge in [0.2, 0.25) is 0 Å². The first-order valence-corrected chi connectivity index (χ1v) is 8.36. The number of methoxy groups -OCH3 is 1. The number of halogens is 1. The third kappa shape index (κ3) is 6.05. The molecular formula is C18H30ClNO2. The summed E-state index contributed by atoms with van der Waals surface area (Å²) in [5.74, 6) is 1.66. The molecule has 0 aliphatic heterocycles. The highest BCUT2D eigenvalue weighted by Crippen LogP contribution is 2.28. The van der Waals surface area contributed by atoms with Gasteiger partial charge in [-0.25, -0.2) is 0 Å². The summed E-state index contributed by atoms with van der Waals surface area (Å²) in [6.07, 6.45) is 9.57. The van der Waals surface area contributed by atoms with E-state index >= 15 is 0 Å². The van der Waals surface area contributed by atoms with E-state index < -0.39 is 0 Å². The van der Waals surface area contributed by atoms with Gasteiger partial charge < -0.3 is 14.8 Å². The first-order valence-electron chi connectivity index (χ1n) is 8.36. The summed E-state index contributed by atoms with van der Waals surface area (Å²) in [6, 6.07) is 6.89. The maximum absolute atomic E-state index is 5.56. The highest BCUT2D eigenvalue weighted by Gasteiger charge is 2.11. The fraction of sp³-hybridized carbons (Fsp3) is 0.667. The van der Waals surface area contributed by atoms with Crippen LogP contribution in [-0.4, -0.2) is 19.8 Å². The van der Waals surface area contributed by atoms with Crippen LogP contribution in [0, 0.1) is 0 Å². The van der Waals surface area contributed by atoms with E-state index in [1.165, 1.54) is 50.5 Å². The third-order valence-corrected chi connectivity index (χ3v) is 4.23. The Balaban J connectivity index is 0.00000242. The van der Waals surface area contributed by atoms with Gasteiger partial charge >= 0.3 is 0 Å². The van der Waals surface area contributed by atoms with Crippen molar-refractivity contribution >= 4 is 12.4 Å². The Labute approximate surface area is 141 Å². The van der Waals surface area contributed by atoms with Gasteiger partial charge in [0.05, 0.1) is 13.7 Å². The lowest BCUT2D eigenvalue weighted by molar-refractivity contribution is 0.310. The van der Waals surface area contributed by atoms with Crippen LogP contribution >= 0.6 is 12.4 Å². The van der Waals surface area contributed by atoms with Crippen molar-refractivity contribution in [3.05, 3.63) is 23.8 Å². The van der Waals surface area contributed by atoms with Crippen molar-refractivity contribution in [2.24, 2.45) is 0 Å². The topological polar surface area (TPSA) is 30.5 Å². The molecule has 1 aliphatic rings. The lowest BCUT2D eigenvalue weighted by Crippen LogP contribution is -2.29. The maximum atomic E-state index is 5.56. The smallest absolute Gasteiger partial charge is 0.161 e. The summed E-state index contributed by atoms with van der Waals surface area (Å²) in [6.45, 7) is 3.56. The lowest BCUT2D eigenvalue weighted by atomic mass is 9.96. The second-order valence-electron chi connectivity index (χ2n) is 5.84. The minimum Gasteiger partial charge on any atom is -0.493 e. The predicted octanol–water partition coefficient (Wildman–Crippen LogP) is 4.72. The third-order valence-electron chi connectivity index (χ3n) is 4.23. The van der Waals surface area contributed by atoms with Gasteiger partial charge in [-0.2, -0.15) is 0 Å². The van der Waals surface area contributed by atoms with Crippen LogP contribution < -0.4 is 14.8 Å². The van der Waals surface area contributed by atoms with Crippen molar-refractivity contribution in [1.82, 2.24) is 5.32 Å². The van der Waals surface area contributed by atoms with Crippen molar-refractivity contribution in [2.45, 2.75) is 64.5 Å². The molecule has 1 N–H and O–H groups in total. The molecule has 0 radical (unpaired) electrons. The molecule has 2 rings (SSSR count). The van der Waals surface area contributed by atoms with Crippen molar-refractivity contribution in [3.63, 3.8) is 0 Å². The number of rotatable bonds is 6. The van der Waals surface area contributed by atoms with E-state index in [0.29, 0.717) is 12.6 Å². The molecule has 0 saturated heterocycles. The highest BCUT2D eigenvalue weighted by atomic mass is 35.5. The van der Waals surface area contributed by atoms with Gasteiger partial charge in [-0.3, -0.25) is 0 Å². The summed E-state index contributed by atoms with van der Waals surface area (Å²) in [7, 11) is 1.70. The first-order chi connectivity index (χ1) is 10.3. The number of hydrogen-bond donors (Lipinski definition) is 1. The Kier molecular flexibility index (Phi) is 9.33. The first kappa shape index (κ1) is 19.1. The molecule has 0 amide bonds. The van der Waals surface area contributed by atoms with E-state index in [-0.39, 0.29) is 12.4 Å². The molecule has 1 aliphatic carbocycles. The van der Waals surface area contributed by atoms with Crippen LogP contribution in [0.4, 0.5) is 0 Å². The van der Waals surface area contributed by atoms with E-state index in [0.717, 1.165) is 18.0 Å². The monoisotopic (exact) mass is 327 g/mol. The molecular weight excluding hydrogens is 298 g/mol. The summed E-state index contributed by atoms with van der Waals surface area (Å²) < 4.78 is 11.0. The van der Waals surface area contributed by atoms with Gasteiger partial charge in [-0.05, 0) is 37.5 Å². The quantitative estimate of drug-likeness (QED) is 0.820. The Morgan fingerprint density at radius 3 is 2.36 bits per heavy atom. The van der Waals surface area contributed by atoms with Crippen molar-refractivity contribution in [1.29, 1.82) is 0 Å². The summed E-state index contributed by atoms with van der Waals surface area (Å²) in [5, 5.41) is 3.71. The zero-order chi connectivity index (χ0) is 14.9. The minimum absolute atomic E-state index is 0. The molecule has 22 heavy (non-hydrogen) atoms. The SMILES string of the molecule is CCOc1ccc(CNC2CCCCCCC2)cc1OC.Cl. The van der Waals surface area contributed by atoms with E-state index in [1.54, 1.807) is 7.11 Å². The lowest BCUT2D eigenvalue weighted by Gasteiger charge is -2.21. The predicted molar refractivity (Wildman–Crippen MR) is 94.4 cm³/mol. The number of benzene rings is 1. The van der Waals surface area contributed by atoms with Crippen LogP contribution in [0.5, 0.6) is 11.5 Å². The van der Waals surface area contributed by atoms with Crippen molar-refractivity contribution in [2.75, 3.05) is 13.7 Å². The fourth-order valence-corrected chi connectivity index (χ4v) is 3.02. The average molecular weight is 328 g/mol. The summed E-state index contributed by atoms with van der Waals surface area (Å²) in [4.78, 5) is 0. The molecule has 0 heterocycles. The molecule has 0 spiro atoms. The molecule has 126 valence electrons. The zero-order valence-electron chi connectivity index (χ0n) is 13.9. The standard InChI is InChI=1S/C18H29NO2.ClH/c1-3-21-17-12-11-15(13-18(17)20-2)14-19-16-9-7-5-4-6-8-10-16;/h11-13,16,19H,3-10,14H2,1-2H3;1H. The van der Waals surface area contributed by atoms with E-state index in [2.05, 4.69) is 17.4 Å². The van der Waals surface area contributed by atoms with Crippen LogP contribution in [0.1, 0.15) is 57.4 Å². The summed E-state index contributed by atoms with van der Waals surface area (Å²) in [5.41, 5.74) is 1.26. The summed E-state index contributed by atoms with van der Waals surface area (Å²) >= 11 is 0. The molecule has 1 fully saturated rings. The van der Waals surface area contributed by atoms with Crippen LogP contribution in [0.15, 0.2) is 18.2 Å². The Morgan fingerprint density at radius 1 is 1.05 bits per heavy atom. The van der Waals surface area contributed by atoms with Crippen LogP contribution in [0.2, 0.25) is 0 Å². The van der Waals surface area contributed by atoms with E-state index in [1.807, 2.05) is 13.0 Å². The minimum atomic E-state index is 0. The molecule has 0 atom stereocenters. The van der Waals surface area contributed by atoms with Crippen molar-refractivity contribution < 1.29 is 9.47 Å². The maximum Gasteiger partial charge on any atom is 0.161 e. The average Bonchev–Trinajstić information content (AvgIpc) is 2.47. The Hall–Kier alpha value is -0.930. The van der Waals surface area contributed by atoms with Gasteiger partial charge in [-0.1, -0.05) is 38.2 Å². The molecule has 1 aromatic carbocycles. The fourth-order valence-electron chi connectivity index (χ4n) is 3.02. The Morgan fingerprint density at radius 2 is 1.73 bits per heavy atom. The van der Waals surface area contributed by atoms with E-state index in [4.69, 9.17) is 9.47 Å². The van der Waals surface area contributed by atoms with Gasteiger partial charge in [0.15, 0.2) is 11.5 Å². The normalized spacial score (nSPS) is 16.3. The van der Waals surface area contributed by atoms with Crippen molar-refractivity contribution in [3.8, 4) is 11.5 Å². The molecule has 0 unspecified atom stereocenters. The molecule has 1 saturated carbocycles. The second-order valence-corrected chi connectivity index (χ2v) is 5.84. The van der Waals surface area contributed by atoms with Crippen LogP contribution in [0.3, 0.4) is 0 Å². The molecule has 3 nitrogen and oxygen atoms in total. The number of hydrogen-bond acceptors (Lipinski definition) is 3. The number of ether oxygens (including phenoxy) is 2. The van der Waals surface area contributed by atoms with Crippen LogP contribution in [0.25, 0.3) is 0 Å². The molecule has 0 aromatic heterocycles. The molecule has 1 aromatic rings.